The zero-order valence-electron chi connectivity index (χ0n) is 14.3. The van der Waals surface area contributed by atoms with E-state index in [1.165, 1.54) is 0 Å². The number of benzene rings is 2. The summed E-state index contributed by atoms with van der Waals surface area (Å²) in [7, 11) is 1.63. The van der Waals surface area contributed by atoms with Crippen molar-refractivity contribution in [2.24, 2.45) is 0 Å². The van der Waals surface area contributed by atoms with Gasteiger partial charge in [-0.05, 0) is 31.5 Å². The van der Waals surface area contributed by atoms with Crippen LogP contribution >= 0.6 is 15.9 Å². The summed E-state index contributed by atoms with van der Waals surface area (Å²) in [6.45, 7) is 5.00. The standard InChI is InChI=1S/C19H24BrNO3/c1-13(2)24-19-15(9-16(20)10-18(19)23-3)11-21-12-17(22)14-7-5-4-6-8-14/h4-10,13,17,21-22H,11-12H2,1-3H3. The van der Waals surface area contributed by atoms with Crippen molar-refractivity contribution in [1.29, 1.82) is 0 Å². The lowest BCUT2D eigenvalue weighted by atomic mass is 10.1. The molecule has 5 heteroatoms. The molecule has 2 N–H and O–H groups in total. The van der Waals surface area contributed by atoms with E-state index >= 15 is 0 Å². The highest BCUT2D eigenvalue weighted by Crippen LogP contribution is 2.35. The largest absolute Gasteiger partial charge is 0.493 e. The lowest BCUT2D eigenvalue weighted by Crippen LogP contribution is -2.22. The van der Waals surface area contributed by atoms with Crippen LogP contribution in [0.1, 0.15) is 31.1 Å². The van der Waals surface area contributed by atoms with Crippen molar-refractivity contribution in [3.63, 3.8) is 0 Å². The second kappa shape index (κ2) is 9.06. The van der Waals surface area contributed by atoms with Gasteiger partial charge in [-0.25, -0.2) is 0 Å². The molecule has 0 aliphatic rings. The van der Waals surface area contributed by atoms with Crippen LogP contribution in [0, 0.1) is 0 Å². The van der Waals surface area contributed by atoms with Crippen LogP contribution in [0.5, 0.6) is 11.5 Å². The molecule has 0 aliphatic heterocycles. The number of hydrogen-bond acceptors (Lipinski definition) is 4. The Labute approximate surface area is 151 Å². The predicted molar refractivity (Wildman–Crippen MR) is 99.6 cm³/mol. The first-order valence-electron chi connectivity index (χ1n) is 7.98. The maximum Gasteiger partial charge on any atom is 0.166 e. The van der Waals surface area contributed by atoms with Gasteiger partial charge in [0.15, 0.2) is 11.5 Å². The van der Waals surface area contributed by atoms with Crippen molar-refractivity contribution in [3.05, 3.63) is 58.1 Å². The Kier molecular flexibility index (Phi) is 7.09. The highest BCUT2D eigenvalue weighted by Gasteiger charge is 2.15. The van der Waals surface area contributed by atoms with Crippen LogP contribution in [0.25, 0.3) is 0 Å². The molecule has 0 radical (unpaired) electrons. The highest BCUT2D eigenvalue weighted by atomic mass is 79.9. The predicted octanol–water partition coefficient (Wildman–Crippen LogP) is 4.07. The SMILES string of the molecule is COc1cc(Br)cc(CNCC(O)c2ccccc2)c1OC(C)C. The van der Waals surface area contributed by atoms with Gasteiger partial charge >= 0.3 is 0 Å². The summed E-state index contributed by atoms with van der Waals surface area (Å²) in [6.07, 6.45) is -0.497. The van der Waals surface area contributed by atoms with Gasteiger partial charge in [-0.15, -0.1) is 0 Å². The molecular formula is C19H24BrNO3. The van der Waals surface area contributed by atoms with Gasteiger partial charge in [0.1, 0.15) is 0 Å². The van der Waals surface area contributed by atoms with E-state index in [1.807, 2.05) is 56.3 Å². The zero-order chi connectivity index (χ0) is 17.5. The molecular weight excluding hydrogens is 370 g/mol. The maximum atomic E-state index is 10.2. The molecule has 1 atom stereocenters. The zero-order valence-corrected chi connectivity index (χ0v) is 15.8. The van der Waals surface area contributed by atoms with E-state index in [0.717, 1.165) is 21.3 Å². The van der Waals surface area contributed by atoms with Crippen molar-refractivity contribution in [1.82, 2.24) is 5.32 Å². The van der Waals surface area contributed by atoms with E-state index in [9.17, 15) is 5.11 Å². The quantitative estimate of drug-likeness (QED) is 0.709. The Morgan fingerprint density at radius 3 is 2.50 bits per heavy atom. The summed E-state index contributed by atoms with van der Waals surface area (Å²) in [5.74, 6) is 1.43. The van der Waals surface area contributed by atoms with Gasteiger partial charge in [0.2, 0.25) is 0 Å². The molecule has 0 aromatic heterocycles. The van der Waals surface area contributed by atoms with Gasteiger partial charge in [0.25, 0.3) is 0 Å². The van der Waals surface area contributed by atoms with E-state index in [1.54, 1.807) is 7.11 Å². The molecule has 1 unspecified atom stereocenters. The molecule has 0 fully saturated rings. The maximum absolute atomic E-state index is 10.2. The number of ether oxygens (including phenoxy) is 2. The number of aliphatic hydroxyl groups is 1. The van der Waals surface area contributed by atoms with Crippen LogP contribution in [0.3, 0.4) is 0 Å². The summed E-state index contributed by atoms with van der Waals surface area (Å²) in [5, 5.41) is 13.5. The fourth-order valence-electron chi connectivity index (χ4n) is 2.41. The van der Waals surface area contributed by atoms with Crippen LogP contribution in [0.15, 0.2) is 46.9 Å². The van der Waals surface area contributed by atoms with E-state index < -0.39 is 6.10 Å². The first-order chi connectivity index (χ1) is 11.5. The number of methoxy groups -OCH3 is 1. The highest BCUT2D eigenvalue weighted by molar-refractivity contribution is 9.10. The third-order valence-corrected chi connectivity index (χ3v) is 3.97. The molecule has 24 heavy (non-hydrogen) atoms. The number of hydrogen-bond donors (Lipinski definition) is 2. The molecule has 2 aromatic carbocycles. The lowest BCUT2D eigenvalue weighted by molar-refractivity contribution is 0.173. The molecule has 2 aromatic rings. The summed E-state index contributed by atoms with van der Waals surface area (Å²) < 4.78 is 12.3. The molecule has 0 amide bonds. The Hall–Kier alpha value is -1.56. The molecule has 4 nitrogen and oxygen atoms in total. The number of nitrogens with one attached hydrogen (secondary N) is 1. The molecule has 2 rings (SSSR count). The van der Waals surface area contributed by atoms with Crippen molar-refractivity contribution in [3.8, 4) is 11.5 Å². The molecule has 0 bridgehead atoms. The lowest BCUT2D eigenvalue weighted by Gasteiger charge is -2.19. The Morgan fingerprint density at radius 1 is 1.17 bits per heavy atom. The third-order valence-electron chi connectivity index (χ3n) is 3.51. The van der Waals surface area contributed by atoms with Gasteiger partial charge < -0.3 is 19.9 Å². The third kappa shape index (κ3) is 5.23. The Morgan fingerprint density at radius 2 is 1.88 bits per heavy atom. The monoisotopic (exact) mass is 393 g/mol. The molecule has 0 heterocycles. The summed E-state index contributed by atoms with van der Waals surface area (Å²) in [4.78, 5) is 0. The summed E-state index contributed by atoms with van der Waals surface area (Å²) in [5.41, 5.74) is 1.88. The second-order valence-corrected chi connectivity index (χ2v) is 6.74. The van der Waals surface area contributed by atoms with Gasteiger partial charge in [-0.3, -0.25) is 0 Å². The summed E-state index contributed by atoms with van der Waals surface area (Å²) in [6, 6.07) is 13.5. The van der Waals surface area contributed by atoms with Crippen LogP contribution in [0.4, 0.5) is 0 Å². The van der Waals surface area contributed by atoms with E-state index in [4.69, 9.17) is 9.47 Å². The van der Waals surface area contributed by atoms with Crippen LogP contribution in [-0.4, -0.2) is 24.9 Å². The minimum atomic E-state index is -0.547. The van der Waals surface area contributed by atoms with E-state index in [2.05, 4.69) is 21.2 Å². The van der Waals surface area contributed by atoms with Crippen molar-refractivity contribution in [2.45, 2.75) is 32.6 Å². The van der Waals surface area contributed by atoms with Crippen LogP contribution in [-0.2, 0) is 6.54 Å². The molecule has 0 saturated carbocycles. The smallest absolute Gasteiger partial charge is 0.166 e. The number of aliphatic hydroxyl groups excluding tert-OH is 1. The topological polar surface area (TPSA) is 50.7 Å². The first kappa shape index (κ1) is 18.8. The molecule has 130 valence electrons. The molecule has 0 aliphatic carbocycles. The van der Waals surface area contributed by atoms with E-state index in [0.29, 0.717) is 18.8 Å². The Bertz CT molecular complexity index is 647. The Balaban J connectivity index is 2.07. The first-order valence-corrected chi connectivity index (χ1v) is 8.77. The number of halogens is 1. The minimum absolute atomic E-state index is 0.0498. The van der Waals surface area contributed by atoms with Crippen molar-refractivity contribution < 1.29 is 14.6 Å². The van der Waals surface area contributed by atoms with Gasteiger partial charge in [-0.1, -0.05) is 46.3 Å². The minimum Gasteiger partial charge on any atom is -0.493 e. The average molecular weight is 394 g/mol. The fraction of sp³-hybridized carbons (Fsp3) is 0.368. The van der Waals surface area contributed by atoms with Crippen molar-refractivity contribution >= 4 is 15.9 Å². The molecule has 0 saturated heterocycles. The van der Waals surface area contributed by atoms with E-state index in [-0.39, 0.29) is 6.10 Å². The fourth-order valence-corrected chi connectivity index (χ4v) is 2.90. The normalized spacial score (nSPS) is 12.2. The average Bonchev–Trinajstić information content (AvgIpc) is 2.57. The van der Waals surface area contributed by atoms with Crippen LogP contribution < -0.4 is 14.8 Å². The van der Waals surface area contributed by atoms with Gasteiger partial charge in [0.05, 0.1) is 19.3 Å². The van der Waals surface area contributed by atoms with Gasteiger partial charge in [0, 0.05) is 23.1 Å². The van der Waals surface area contributed by atoms with Crippen molar-refractivity contribution in [2.75, 3.05) is 13.7 Å². The number of rotatable bonds is 8. The van der Waals surface area contributed by atoms with Crippen LogP contribution in [0.2, 0.25) is 0 Å². The van der Waals surface area contributed by atoms with Gasteiger partial charge in [-0.2, -0.15) is 0 Å². The molecule has 0 spiro atoms. The second-order valence-electron chi connectivity index (χ2n) is 5.82. The summed E-state index contributed by atoms with van der Waals surface area (Å²) >= 11 is 3.50.